The fourth-order valence-corrected chi connectivity index (χ4v) is 5.89. The van der Waals surface area contributed by atoms with Gasteiger partial charge in [-0.25, -0.2) is 14.8 Å². The average Bonchev–Trinajstić information content (AvgIpc) is 3.32. The minimum Gasteiger partial charge on any atom is -0.465 e. The van der Waals surface area contributed by atoms with E-state index in [-0.39, 0.29) is 23.5 Å². The molecule has 4 aromatic rings. The highest BCUT2D eigenvalue weighted by Crippen LogP contribution is 2.42. The number of amides is 1. The molecule has 0 aliphatic heterocycles. The van der Waals surface area contributed by atoms with Crippen LogP contribution in [0.2, 0.25) is 5.02 Å². The lowest BCUT2D eigenvalue weighted by molar-refractivity contribution is 0.0403. The number of carbonyl (C=O) groups is 1. The third-order valence-corrected chi connectivity index (χ3v) is 7.66. The summed E-state index contributed by atoms with van der Waals surface area (Å²) in [5.41, 5.74) is 9.29. The summed E-state index contributed by atoms with van der Waals surface area (Å²) in [6.07, 6.45) is 3.86. The van der Waals surface area contributed by atoms with Gasteiger partial charge >= 0.3 is 6.09 Å². The summed E-state index contributed by atoms with van der Waals surface area (Å²) in [7, 11) is 0. The molecule has 9 nitrogen and oxygen atoms in total. The van der Waals surface area contributed by atoms with Crippen LogP contribution in [-0.2, 0) is 0 Å². The topological polar surface area (TPSA) is 133 Å². The van der Waals surface area contributed by atoms with Crippen LogP contribution < -0.4 is 11.1 Å². The Kier molecular flexibility index (Phi) is 7.36. The van der Waals surface area contributed by atoms with Crippen molar-refractivity contribution in [2.45, 2.75) is 64.6 Å². The summed E-state index contributed by atoms with van der Waals surface area (Å²) in [6, 6.07) is 14.8. The molecular weight excluding hydrogens is 514 g/mol. The van der Waals surface area contributed by atoms with Crippen molar-refractivity contribution in [3.05, 3.63) is 65.3 Å². The van der Waals surface area contributed by atoms with E-state index in [1.807, 2.05) is 48.5 Å². The summed E-state index contributed by atoms with van der Waals surface area (Å²) in [4.78, 5) is 23.5. The van der Waals surface area contributed by atoms with Gasteiger partial charge in [-0.2, -0.15) is 5.10 Å². The summed E-state index contributed by atoms with van der Waals surface area (Å²) < 4.78 is 0. The Hall–Kier alpha value is -3.85. The van der Waals surface area contributed by atoms with Gasteiger partial charge in [0.25, 0.3) is 0 Å². The number of H-pyrrole nitrogens is 1. The molecule has 0 radical (unpaired) electrons. The molecule has 0 spiro atoms. The van der Waals surface area contributed by atoms with Gasteiger partial charge in [0.1, 0.15) is 11.4 Å². The molecule has 3 atom stereocenters. The van der Waals surface area contributed by atoms with Gasteiger partial charge in [0.15, 0.2) is 0 Å². The Bertz CT molecular complexity index is 1460. The molecule has 2 aromatic carbocycles. The average molecular weight is 548 g/mol. The molecule has 2 heterocycles. The molecule has 1 amide bonds. The normalized spacial score (nSPS) is 18.6. The van der Waals surface area contributed by atoms with Crippen LogP contribution in [0.1, 0.15) is 58.1 Å². The van der Waals surface area contributed by atoms with E-state index >= 15 is 0 Å². The van der Waals surface area contributed by atoms with Crippen molar-refractivity contribution in [3.8, 4) is 11.4 Å². The molecule has 39 heavy (non-hydrogen) atoms. The van der Waals surface area contributed by atoms with Crippen LogP contribution >= 0.6 is 11.6 Å². The Morgan fingerprint density at radius 3 is 2.62 bits per heavy atom. The van der Waals surface area contributed by atoms with Crippen LogP contribution in [0.3, 0.4) is 0 Å². The van der Waals surface area contributed by atoms with Crippen LogP contribution in [0, 0.1) is 5.41 Å². The third kappa shape index (κ3) is 5.63. The van der Waals surface area contributed by atoms with Crippen molar-refractivity contribution in [2.75, 3.05) is 11.1 Å². The zero-order chi connectivity index (χ0) is 27.7. The summed E-state index contributed by atoms with van der Waals surface area (Å²) in [6.45, 7) is 6.22. The molecule has 5 rings (SSSR count). The number of nitrogen functional groups attached to an aromatic ring is 1. The molecule has 2 aromatic heterocycles. The third-order valence-electron chi connectivity index (χ3n) is 7.38. The monoisotopic (exact) mass is 547 g/mol. The van der Waals surface area contributed by atoms with E-state index < -0.39 is 6.09 Å². The van der Waals surface area contributed by atoms with Crippen molar-refractivity contribution in [2.24, 2.45) is 5.41 Å². The van der Waals surface area contributed by atoms with Crippen molar-refractivity contribution in [3.63, 3.8) is 0 Å². The summed E-state index contributed by atoms with van der Waals surface area (Å²) in [5.74, 6) is 0.444. The first-order valence-electron chi connectivity index (χ1n) is 13.2. The molecule has 5 N–H and O–H groups in total. The van der Waals surface area contributed by atoms with Crippen LogP contribution in [0.15, 0.2) is 54.7 Å². The lowest BCUT2D eigenvalue weighted by Gasteiger charge is -2.45. The number of benzene rings is 2. The molecule has 1 saturated carbocycles. The number of carboxylic acid groups (broad SMARTS) is 1. The first-order chi connectivity index (χ1) is 18.6. The van der Waals surface area contributed by atoms with Crippen molar-refractivity contribution in [1.29, 1.82) is 0 Å². The standard InChI is InChI=1S/C29H34ClN7O2/c1-29(2,3)26(17-11-13-18(31)14-12-17)37(28(38)39)20-8-6-7-19(15-20)33-27-32-16-22(30)25(34-27)24-21-9-4-5-10-23(21)35-36-24/h4-5,9-14,16,19-20,26H,6-8,15,31H2,1-3H3,(H,35,36)(H,38,39)(H,32,33,34)/t19-,20+,26?/m1/s1. The van der Waals surface area contributed by atoms with Crippen molar-refractivity contribution >= 4 is 40.2 Å². The molecular formula is C29H34ClN7O2. The van der Waals surface area contributed by atoms with Crippen LogP contribution in [0.5, 0.6) is 0 Å². The van der Waals surface area contributed by atoms with Gasteiger partial charge in [-0.1, -0.05) is 62.7 Å². The van der Waals surface area contributed by atoms with Gasteiger partial charge in [0.2, 0.25) is 5.95 Å². The number of rotatable bonds is 6. The molecule has 10 heteroatoms. The van der Waals surface area contributed by atoms with Gasteiger partial charge in [-0.05, 0) is 54.9 Å². The van der Waals surface area contributed by atoms with E-state index in [4.69, 9.17) is 22.3 Å². The second-order valence-electron chi connectivity index (χ2n) is 11.3. The van der Waals surface area contributed by atoms with Crippen molar-refractivity contribution in [1.82, 2.24) is 25.1 Å². The molecule has 0 saturated heterocycles. The quantitative estimate of drug-likeness (QED) is 0.196. The Labute approximate surface area is 232 Å². The first kappa shape index (κ1) is 26.7. The second-order valence-corrected chi connectivity index (χ2v) is 11.7. The van der Waals surface area contributed by atoms with Crippen LogP contribution in [0.4, 0.5) is 16.4 Å². The smallest absolute Gasteiger partial charge is 0.408 e. The minimum absolute atomic E-state index is 0.00240. The fourth-order valence-electron chi connectivity index (χ4n) is 5.71. The second kappa shape index (κ2) is 10.7. The summed E-state index contributed by atoms with van der Waals surface area (Å²) in [5, 5.41) is 22.7. The van der Waals surface area contributed by atoms with Gasteiger partial charge in [-0.15, -0.1) is 0 Å². The zero-order valence-corrected chi connectivity index (χ0v) is 23.1. The first-order valence-corrected chi connectivity index (χ1v) is 13.6. The number of para-hydroxylation sites is 1. The lowest BCUT2D eigenvalue weighted by Crippen LogP contribution is -2.49. The predicted octanol–water partition coefficient (Wildman–Crippen LogP) is 6.75. The van der Waals surface area contributed by atoms with E-state index in [0.717, 1.165) is 35.7 Å². The maximum Gasteiger partial charge on any atom is 0.408 e. The Morgan fingerprint density at radius 1 is 1.15 bits per heavy atom. The molecule has 204 valence electrons. The van der Waals surface area contributed by atoms with E-state index in [1.165, 1.54) is 0 Å². The number of halogens is 1. The maximum atomic E-state index is 12.7. The number of fused-ring (bicyclic) bond motifs is 1. The number of aromatic nitrogens is 4. The Balaban J connectivity index is 1.39. The highest BCUT2D eigenvalue weighted by Gasteiger charge is 2.40. The van der Waals surface area contributed by atoms with E-state index in [9.17, 15) is 9.90 Å². The Morgan fingerprint density at radius 2 is 1.90 bits per heavy atom. The summed E-state index contributed by atoms with van der Waals surface area (Å²) >= 11 is 6.49. The fraction of sp³-hybridized carbons (Fsp3) is 0.379. The van der Waals surface area contributed by atoms with Crippen molar-refractivity contribution < 1.29 is 9.90 Å². The highest BCUT2D eigenvalue weighted by molar-refractivity contribution is 6.33. The number of nitrogens with two attached hydrogens (primary N) is 1. The molecule has 1 aliphatic rings. The SMILES string of the molecule is CC(C)(C)C(c1ccc(N)cc1)N(C(=O)O)[C@H]1CCC[C@@H](Nc2ncc(Cl)c(-c3n[nH]c4ccccc34)n2)C1. The van der Waals surface area contributed by atoms with Gasteiger partial charge in [0.05, 0.1) is 22.8 Å². The number of nitrogens with zero attached hydrogens (tertiary/aromatic N) is 4. The number of aromatic amines is 1. The zero-order valence-electron chi connectivity index (χ0n) is 22.4. The van der Waals surface area contributed by atoms with E-state index in [1.54, 1.807) is 11.1 Å². The van der Waals surface area contributed by atoms with E-state index in [0.29, 0.717) is 34.5 Å². The number of anilines is 2. The van der Waals surface area contributed by atoms with Gasteiger partial charge < -0.3 is 16.2 Å². The minimum atomic E-state index is -0.923. The predicted molar refractivity (Wildman–Crippen MR) is 155 cm³/mol. The molecule has 1 aliphatic carbocycles. The van der Waals surface area contributed by atoms with Gasteiger partial charge in [-0.3, -0.25) is 10.00 Å². The largest absolute Gasteiger partial charge is 0.465 e. The van der Waals surface area contributed by atoms with Crippen LogP contribution in [-0.4, -0.2) is 48.3 Å². The number of hydrogen-bond acceptors (Lipinski definition) is 6. The van der Waals surface area contributed by atoms with E-state index in [2.05, 4.69) is 41.3 Å². The van der Waals surface area contributed by atoms with Crippen LogP contribution in [0.25, 0.3) is 22.3 Å². The molecule has 0 bridgehead atoms. The van der Waals surface area contributed by atoms with Gasteiger partial charge in [0, 0.05) is 23.2 Å². The highest BCUT2D eigenvalue weighted by atomic mass is 35.5. The molecule has 1 fully saturated rings. The number of hydrogen-bond donors (Lipinski definition) is 4. The number of nitrogens with one attached hydrogen (secondary N) is 2. The lowest BCUT2D eigenvalue weighted by atomic mass is 9.79. The maximum absolute atomic E-state index is 12.7. The molecule has 1 unspecified atom stereocenters.